The second-order valence-corrected chi connectivity index (χ2v) is 6.04. The Bertz CT molecular complexity index is 777. The standard InChI is InChI=1S/C17H20ClN7/c1-24(12-14-6-3-2-4-7-14)10-5-8-20-16-21-15(18)22-17(23-16)25-11-9-19-13-25/h2-4,6-7,9,11,13H,5,8,10,12H2,1H3,(H,20,21,22,23). The first-order valence-electron chi connectivity index (χ1n) is 8.07. The number of anilines is 1. The number of aromatic nitrogens is 5. The third-order valence-electron chi connectivity index (χ3n) is 3.63. The van der Waals surface area contributed by atoms with E-state index in [1.807, 2.05) is 6.07 Å². The Morgan fingerprint density at radius 1 is 1.16 bits per heavy atom. The van der Waals surface area contributed by atoms with Crippen molar-refractivity contribution in [3.63, 3.8) is 0 Å². The van der Waals surface area contributed by atoms with Crippen molar-refractivity contribution < 1.29 is 0 Å². The molecule has 0 amide bonds. The first-order chi connectivity index (χ1) is 12.2. The number of nitrogens with one attached hydrogen (secondary N) is 1. The molecule has 3 rings (SSSR count). The SMILES string of the molecule is CN(CCCNc1nc(Cl)nc(-n2ccnc2)n1)Cc1ccccc1. The summed E-state index contributed by atoms with van der Waals surface area (Å²) >= 11 is 5.98. The Labute approximate surface area is 151 Å². The van der Waals surface area contributed by atoms with Gasteiger partial charge in [0.1, 0.15) is 6.33 Å². The van der Waals surface area contributed by atoms with Crippen LogP contribution >= 0.6 is 11.6 Å². The van der Waals surface area contributed by atoms with Crippen molar-refractivity contribution in [1.29, 1.82) is 0 Å². The Kier molecular flexibility index (Phi) is 5.92. The third-order valence-corrected chi connectivity index (χ3v) is 3.80. The van der Waals surface area contributed by atoms with E-state index in [1.165, 1.54) is 5.56 Å². The highest BCUT2D eigenvalue weighted by Crippen LogP contribution is 2.09. The Balaban J connectivity index is 1.47. The van der Waals surface area contributed by atoms with Crippen LogP contribution in [0, 0.1) is 0 Å². The minimum absolute atomic E-state index is 0.155. The van der Waals surface area contributed by atoms with Crippen LogP contribution in [0.15, 0.2) is 49.1 Å². The van der Waals surface area contributed by atoms with Crippen molar-refractivity contribution in [2.45, 2.75) is 13.0 Å². The molecule has 2 heterocycles. The van der Waals surface area contributed by atoms with Gasteiger partial charge in [-0.15, -0.1) is 0 Å². The van der Waals surface area contributed by atoms with Crippen LogP contribution in [0.5, 0.6) is 0 Å². The van der Waals surface area contributed by atoms with Gasteiger partial charge in [0.25, 0.3) is 0 Å². The molecule has 1 aromatic carbocycles. The van der Waals surface area contributed by atoms with Crippen LogP contribution in [-0.2, 0) is 6.54 Å². The number of imidazole rings is 1. The molecule has 0 aliphatic heterocycles. The van der Waals surface area contributed by atoms with E-state index in [1.54, 1.807) is 23.3 Å². The van der Waals surface area contributed by atoms with Crippen molar-refractivity contribution >= 4 is 17.5 Å². The van der Waals surface area contributed by atoms with Crippen molar-refractivity contribution in [1.82, 2.24) is 29.4 Å². The summed E-state index contributed by atoms with van der Waals surface area (Å²) in [5.74, 6) is 0.913. The molecular weight excluding hydrogens is 338 g/mol. The summed E-state index contributed by atoms with van der Waals surface area (Å²) in [6.45, 7) is 2.65. The van der Waals surface area contributed by atoms with E-state index in [4.69, 9.17) is 11.6 Å². The van der Waals surface area contributed by atoms with Crippen LogP contribution in [0.1, 0.15) is 12.0 Å². The zero-order valence-electron chi connectivity index (χ0n) is 14.0. The van der Waals surface area contributed by atoms with Gasteiger partial charge in [0.15, 0.2) is 0 Å². The summed E-state index contributed by atoms with van der Waals surface area (Å²) in [6.07, 6.45) is 6.00. The molecule has 7 nitrogen and oxygen atoms in total. The van der Waals surface area contributed by atoms with Gasteiger partial charge in [-0.3, -0.25) is 4.57 Å². The summed E-state index contributed by atoms with van der Waals surface area (Å²) in [5.41, 5.74) is 1.31. The van der Waals surface area contributed by atoms with E-state index >= 15 is 0 Å². The average molecular weight is 358 g/mol. The summed E-state index contributed by atoms with van der Waals surface area (Å²) in [5, 5.41) is 3.35. The lowest BCUT2D eigenvalue weighted by Gasteiger charge is -2.16. The molecular formula is C17H20ClN7. The first kappa shape index (κ1) is 17.3. The van der Waals surface area contributed by atoms with Crippen LogP contribution in [0.2, 0.25) is 5.28 Å². The largest absolute Gasteiger partial charge is 0.354 e. The number of halogens is 1. The Morgan fingerprint density at radius 2 is 2.00 bits per heavy atom. The highest BCUT2D eigenvalue weighted by molar-refractivity contribution is 6.28. The van der Waals surface area contributed by atoms with Crippen LogP contribution in [0.3, 0.4) is 0 Å². The van der Waals surface area contributed by atoms with E-state index in [9.17, 15) is 0 Å². The quantitative estimate of drug-likeness (QED) is 0.625. The molecule has 0 spiro atoms. The Hall–Kier alpha value is -2.51. The van der Waals surface area contributed by atoms with E-state index in [2.05, 4.69) is 61.5 Å². The normalized spacial score (nSPS) is 11.0. The predicted octanol–water partition coefficient (Wildman–Crippen LogP) is 2.64. The van der Waals surface area contributed by atoms with Gasteiger partial charge in [0.05, 0.1) is 0 Å². The van der Waals surface area contributed by atoms with Gasteiger partial charge in [0, 0.05) is 25.5 Å². The number of hydrogen-bond acceptors (Lipinski definition) is 6. The second-order valence-electron chi connectivity index (χ2n) is 5.70. The van der Waals surface area contributed by atoms with Gasteiger partial charge in [-0.05, 0) is 37.2 Å². The van der Waals surface area contributed by atoms with Crippen molar-refractivity contribution in [3.8, 4) is 5.95 Å². The lowest BCUT2D eigenvalue weighted by atomic mass is 10.2. The molecule has 0 bridgehead atoms. The Morgan fingerprint density at radius 3 is 2.76 bits per heavy atom. The fourth-order valence-corrected chi connectivity index (χ4v) is 2.59. The zero-order chi connectivity index (χ0) is 17.5. The number of rotatable bonds is 8. The van der Waals surface area contributed by atoms with Crippen LogP contribution in [-0.4, -0.2) is 49.5 Å². The van der Waals surface area contributed by atoms with E-state index in [0.29, 0.717) is 11.9 Å². The molecule has 0 atom stereocenters. The number of benzene rings is 1. The smallest absolute Gasteiger partial charge is 0.241 e. The van der Waals surface area contributed by atoms with Gasteiger partial charge >= 0.3 is 0 Å². The first-order valence-corrected chi connectivity index (χ1v) is 8.45. The van der Waals surface area contributed by atoms with E-state index in [0.717, 1.165) is 26.1 Å². The molecule has 0 saturated carbocycles. The summed E-state index contributed by atoms with van der Waals surface area (Å²) in [7, 11) is 2.12. The topological polar surface area (TPSA) is 71.8 Å². The van der Waals surface area contributed by atoms with Crippen molar-refractivity contribution in [2.75, 3.05) is 25.5 Å². The minimum atomic E-state index is 0.155. The number of nitrogens with zero attached hydrogens (tertiary/aromatic N) is 6. The zero-order valence-corrected chi connectivity index (χ0v) is 14.8. The average Bonchev–Trinajstić information content (AvgIpc) is 3.14. The summed E-state index contributed by atoms with van der Waals surface area (Å²) in [6, 6.07) is 10.4. The van der Waals surface area contributed by atoms with Gasteiger partial charge in [-0.25, -0.2) is 4.98 Å². The van der Waals surface area contributed by atoms with E-state index < -0.39 is 0 Å². The van der Waals surface area contributed by atoms with Crippen LogP contribution < -0.4 is 5.32 Å². The third kappa shape index (κ3) is 5.23. The lowest BCUT2D eigenvalue weighted by molar-refractivity contribution is 0.325. The predicted molar refractivity (Wildman–Crippen MR) is 97.8 cm³/mol. The highest BCUT2D eigenvalue weighted by atomic mass is 35.5. The molecule has 130 valence electrons. The summed E-state index contributed by atoms with van der Waals surface area (Å²) < 4.78 is 1.69. The molecule has 0 saturated heterocycles. The van der Waals surface area contributed by atoms with Crippen molar-refractivity contribution in [3.05, 3.63) is 59.9 Å². The molecule has 0 aliphatic carbocycles. The summed E-state index contributed by atoms with van der Waals surface area (Å²) in [4.78, 5) is 18.8. The molecule has 0 fully saturated rings. The van der Waals surface area contributed by atoms with Gasteiger partial charge in [0.2, 0.25) is 17.2 Å². The molecule has 0 radical (unpaired) electrons. The van der Waals surface area contributed by atoms with Gasteiger partial charge in [-0.2, -0.15) is 15.0 Å². The molecule has 8 heteroatoms. The lowest BCUT2D eigenvalue weighted by Crippen LogP contribution is -2.21. The molecule has 0 aliphatic rings. The fourth-order valence-electron chi connectivity index (χ4n) is 2.43. The number of hydrogen-bond donors (Lipinski definition) is 1. The molecule has 1 N–H and O–H groups in total. The molecule has 2 aromatic heterocycles. The molecule has 3 aromatic rings. The van der Waals surface area contributed by atoms with Gasteiger partial charge < -0.3 is 10.2 Å². The van der Waals surface area contributed by atoms with Crippen molar-refractivity contribution in [2.24, 2.45) is 0 Å². The molecule has 25 heavy (non-hydrogen) atoms. The highest BCUT2D eigenvalue weighted by Gasteiger charge is 2.06. The fraction of sp³-hybridized carbons (Fsp3) is 0.294. The minimum Gasteiger partial charge on any atom is -0.354 e. The maximum atomic E-state index is 5.98. The second kappa shape index (κ2) is 8.55. The van der Waals surface area contributed by atoms with E-state index in [-0.39, 0.29) is 5.28 Å². The monoisotopic (exact) mass is 357 g/mol. The van der Waals surface area contributed by atoms with Crippen LogP contribution in [0.25, 0.3) is 5.95 Å². The van der Waals surface area contributed by atoms with Crippen LogP contribution in [0.4, 0.5) is 5.95 Å². The maximum Gasteiger partial charge on any atom is 0.241 e. The van der Waals surface area contributed by atoms with Gasteiger partial charge in [-0.1, -0.05) is 30.3 Å². The maximum absolute atomic E-state index is 5.98. The molecule has 0 unspecified atom stereocenters.